The summed E-state index contributed by atoms with van der Waals surface area (Å²) in [5.74, 6) is 0. The topological polar surface area (TPSA) is 30.9 Å². The number of hydrogen-bond donors (Lipinski definition) is 1. The lowest BCUT2D eigenvalue weighted by atomic mass is 10.1. The molecular weight excluding hydrogens is 252 g/mol. The van der Waals surface area contributed by atoms with Crippen LogP contribution in [0.5, 0.6) is 0 Å². The summed E-state index contributed by atoms with van der Waals surface area (Å²) >= 11 is 3.59. The summed E-state index contributed by atoms with van der Waals surface area (Å²) in [4.78, 5) is 0. The molecule has 0 spiro atoms. The molecule has 0 radical (unpaired) electrons. The normalized spacial score (nSPS) is 18.5. The molecule has 0 unspecified atom stereocenters. The first kappa shape index (κ1) is 11.2. The van der Waals surface area contributed by atoms with Gasteiger partial charge in [0.2, 0.25) is 0 Å². The van der Waals surface area contributed by atoms with Crippen LogP contribution in [-0.2, 0) is 6.42 Å². The highest BCUT2D eigenvalue weighted by Gasteiger charge is 2.37. The second-order valence-corrected chi connectivity index (χ2v) is 5.85. The third-order valence-corrected chi connectivity index (χ3v) is 3.85. The monoisotopic (exact) mass is 270 g/mol. The SMILES string of the molecule is CC(C)n1cc(CCC2(N)CC2)cc1Br. The van der Waals surface area contributed by atoms with Gasteiger partial charge in [0.1, 0.15) is 0 Å². The maximum atomic E-state index is 6.08. The van der Waals surface area contributed by atoms with Crippen LogP contribution >= 0.6 is 15.9 Å². The largest absolute Gasteiger partial charge is 0.340 e. The Balaban J connectivity index is 1.99. The van der Waals surface area contributed by atoms with Gasteiger partial charge in [-0.2, -0.15) is 0 Å². The Bertz CT molecular complexity index is 351. The van der Waals surface area contributed by atoms with Crippen molar-refractivity contribution in [2.75, 3.05) is 0 Å². The van der Waals surface area contributed by atoms with Crippen molar-refractivity contribution < 1.29 is 0 Å². The fraction of sp³-hybridized carbons (Fsp3) is 0.667. The van der Waals surface area contributed by atoms with Gasteiger partial charge in [0.25, 0.3) is 0 Å². The van der Waals surface area contributed by atoms with Crippen LogP contribution in [0.4, 0.5) is 0 Å². The Labute approximate surface area is 100.0 Å². The molecule has 2 N–H and O–H groups in total. The number of nitrogens with two attached hydrogens (primary N) is 1. The van der Waals surface area contributed by atoms with Crippen molar-refractivity contribution in [1.82, 2.24) is 4.57 Å². The molecule has 1 fully saturated rings. The zero-order valence-electron chi connectivity index (χ0n) is 9.46. The minimum atomic E-state index is 0.173. The lowest BCUT2D eigenvalue weighted by Gasteiger charge is -2.08. The van der Waals surface area contributed by atoms with E-state index in [0.717, 1.165) is 12.8 Å². The van der Waals surface area contributed by atoms with Gasteiger partial charge in [0.15, 0.2) is 0 Å². The van der Waals surface area contributed by atoms with E-state index in [2.05, 4.69) is 46.6 Å². The fourth-order valence-electron chi connectivity index (χ4n) is 1.84. The Morgan fingerprint density at radius 2 is 2.20 bits per heavy atom. The Morgan fingerprint density at radius 1 is 1.53 bits per heavy atom. The highest BCUT2D eigenvalue weighted by atomic mass is 79.9. The quantitative estimate of drug-likeness (QED) is 0.895. The zero-order valence-corrected chi connectivity index (χ0v) is 11.0. The predicted molar refractivity (Wildman–Crippen MR) is 67.0 cm³/mol. The van der Waals surface area contributed by atoms with Gasteiger partial charge in [-0.05, 0) is 67.1 Å². The van der Waals surface area contributed by atoms with Crippen LogP contribution in [0.1, 0.15) is 44.7 Å². The molecule has 1 saturated carbocycles. The highest BCUT2D eigenvalue weighted by molar-refractivity contribution is 9.10. The van der Waals surface area contributed by atoms with Gasteiger partial charge in [0.05, 0.1) is 4.60 Å². The Hall–Kier alpha value is -0.280. The molecule has 2 rings (SSSR count). The standard InChI is InChI=1S/C12H19BrN2/c1-9(2)15-8-10(7-11(15)13)3-4-12(14)5-6-12/h7-9H,3-6,14H2,1-2H3. The molecule has 84 valence electrons. The van der Waals surface area contributed by atoms with Crippen LogP contribution in [0, 0.1) is 0 Å². The molecule has 1 heterocycles. The van der Waals surface area contributed by atoms with Gasteiger partial charge in [-0.1, -0.05) is 0 Å². The molecule has 0 aliphatic heterocycles. The fourth-order valence-corrected chi connectivity index (χ4v) is 2.65. The number of aryl methyl sites for hydroxylation is 1. The maximum Gasteiger partial charge on any atom is 0.0851 e. The van der Waals surface area contributed by atoms with Crippen molar-refractivity contribution >= 4 is 15.9 Å². The molecule has 1 aromatic rings. The lowest BCUT2D eigenvalue weighted by Crippen LogP contribution is -2.21. The molecule has 1 aliphatic carbocycles. The van der Waals surface area contributed by atoms with Gasteiger partial charge in [-0.15, -0.1) is 0 Å². The zero-order chi connectivity index (χ0) is 11.1. The van der Waals surface area contributed by atoms with E-state index >= 15 is 0 Å². The van der Waals surface area contributed by atoms with Crippen molar-refractivity contribution in [2.24, 2.45) is 5.73 Å². The molecule has 2 nitrogen and oxygen atoms in total. The summed E-state index contributed by atoms with van der Waals surface area (Å²) in [6.45, 7) is 4.39. The van der Waals surface area contributed by atoms with E-state index in [1.807, 2.05) is 0 Å². The van der Waals surface area contributed by atoms with E-state index in [-0.39, 0.29) is 5.54 Å². The summed E-state index contributed by atoms with van der Waals surface area (Å²) in [5.41, 5.74) is 7.65. The average molecular weight is 271 g/mol. The van der Waals surface area contributed by atoms with Crippen molar-refractivity contribution in [3.63, 3.8) is 0 Å². The van der Waals surface area contributed by atoms with Crippen LogP contribution in [0.3, 0.4) is 0 Å². The van der Waals surface area contributed by atoms with Gasteiger partial charge in [-0.3, -0.25) is 0 Å². The molecule has 1 aromatic heterocycles. The van der Waals surface area contributed by atoms with E-state index in [4.69, 9.17) is 5.73 Å². The maximum absolute atomic E-state index is 6.08. The molecule has 0 aromatic carbocycles. The van der Waals surface area contributed by atoms with Crippen LogP contribution in [0.15, 0.2) is 16.9 Å². The third kappa shape index (κ3) is 2.64. The van der Waals surface area contributed by atoms with Crippen LogP contribution in [0.25, 0.3) is 0 Å². The molecular formula is C12H19BrN2. The van der Waals surface area contributed by atoms with E-state index in [1.165, 1.54) is 23.0 Å². The van der Waals surface area contributed by atoms with E-state index < -0.39 is 0 Å². The van der Waals surface area contributed by atoms with E-state index in [1.54, 1.807) is 0 Å². The van der Waals surface area contributed by atoms with Crippen molar-refractivity contribution in [2.45, 2.75) is 51.1 Å². The smallest absolute Gasteiger partial charge is 0.0851 e. The summed E-state index contributed by atoms with van der Waals surface area (Å²) in [5, 5.41) is 0. The first-order valence-electron chi connectivity index (χ1n) is 5.65. The molecule has 0 saturated heterocycles. The van der Waals surface area contributed by atoms with Gasteiger partial charge in [0, 0.05) is 17.8 Å². The van der Waals surface area contributed by atoms with Gasteiger partial charge in [-0.25, -0.2) is 0 Å². The number of rotatable bonds is 4. The number of nitrogens with zero attached hydrogens (tertiary/aromatic N) is 1. The average Bonchev–Trinajstić information content (AvgIpc) is 2.75. The minimum Gasteiger partial charge on any atom is -0.340 e. The minimum absolute atomic E-state index is 0.173. The molecule has 15 heavy (non-hydrogen) atoms. The van der Waals surface area contributed by atoms with Crippen LogP contribution < -0.4 is 5.73 Å². The molecule has 0 bridgehead atoms. The number of halogens is 1. The Morgan fingerprint density at radius 3 is 2.67 bits per heavy atom. The highest BCUT2D eigenvalue weighted by Crippen LogP contribution is 2.36. The molecule has 3 heteroatoms. The molecule has 0 atom stereocenters. The van der Waals surface area contributed by atoms with E-state index in [9.17, 15) is 0 Å². The second-order valence-electron chi connectivity index (χ2n) is 5.03. The van der Waals surface area contributed by atoms with Crippen molar-refractivity contribution in [3.05, 3.63) is 22.4 Å². The first-order chi connectivity index (χ1) is 7.00. The molecule has 0 amide bonds. The number of hydrogen-bond acceptors (Lipinski definition) is 1. The third-order valence-electron chi connectivity index (χ3n) is 3.22. The Kier molecular flexibility index (Phi) is 2.95. The summed E-state index contributed by atoms with van der Waals surface area (Å²) in [6, 6.07) is 2.73. The van der Waals surface area contributed by atoms with E-state index in [0.29, 0.717) is 6.04 Å². The number of aromatic nitrogens is 1. The first-order valence-corrected chi connectivity index (χ1v) is 6.45. The lowest BCUT2D eigenvalue weighted by molar-refractivity contribution is 0.585. The van der Waals surface area contributed by atoms with Crippen LogP contribution in [0.2, 0.25) is 0 Å². The second kappa shape index (κ2) is 3.95. The predicted octanol–water partition coefficient (Wildman–Crippen LogP) is 3.26. The summed E-state index contributed by atoms with van der Waals surface area (Å²) in [7, 11) is 0. The van der Waals surface area contributed by atoms with Crippen LogP contribution in [-0.4, -0.2) is 10.1 Å². The van der Waals surface area contributed by atoms with Gasteiger partial charge < -0.3 is 10.3 Å². The van der Waals surface area contributed by atoms with Gasteiger partial charge >= 0.3 is 0 Å². The summed E-state index contributed by atoms with van der Waals surface area (Å²) < 4.78 is 3.43. The molecule has 1 aliphatic rings. The van der Waals surface area contributed by atoms with Crippen molar-refractivity contribution in [1.29, 1.82) is 0 Å². The van der Waals surface area contributed by atoms with Crippen molar-refractivity contribution in [3.8, 4) is 0 Å². The summed E-state index contributed by atoms with van der Waals surface area (Å²) in [6.07, 6.45) is 6.88.